The van der Waals surface area contributed by atoms with E-state index in [4.69, 9.17) is 0 Å². The lowest BCUT2D eigenvalue weighted by atomic mass is 10.1. The van der Waals surface area contributed by atoms with Crippen LogP contribution in [0.3, 0.4) is 0 Å². The topological polar surface area (TPSA) is 81.0 Å². The van der Waals surface area contributed by atoms with Gasteiger partial charge in [-0.3, -0.25) is 4.79 Å². The number of phenols is 2. The number of benzene rings is 1. The van der Waals surface area contributed by atoms with E-state index >= 15 is 0 Å². The van der Waals surface area contributed by atoms with Crippen molar-refractivity contribution in [2.24, 2.45) is 0 Å². The van der Waals surface area contributed by atoms with Gasteiger partial charge in [0.15, 0.2) is 0 Å². The summed E-state index contributed by atoms with van der Waals surface area (Å²) in [5.74, 6) is -1.04. The average Bonchev–Trinajstić information content (AvgIpc) is 2.24. The number of hydrogen-bond donors (Lipinski definition) is 3. The molecule has 5 heteroatoms. The zero-order chi connectivity index (χ0) is 13.9. The van der Waals surface area contributed by atoms with Gasteiger partial charge < -0.3 is 20.2 Å². The normalized spacial score (nSPS) is 11.3. The molecule has 0 saturated heterocycles. The summed E-state index contributed by atoms with van der Waals surface area (Å²) in [6.07, 6.45) is 0. The van der Waals surface area contributed by atoms with Crippen LogP contribution >= 0.6 is 0 Å². The van der Waals surface area contributed by atoms with Crippen molar-refractivity contribution < 1.29 is 20.1 Å². The quantitative estimate of drug-likeness (QED) is 0.756. The van der Waals surface area contributed by atoms with Crippen LogP contribution in [0.1, 0.15) is 31.1 Å². The van der Waals surface area contributed by atoms with E-state index in [1.165, 1.54) is 23.1 Å². The molecule has 1 aromatic rings. The molecule has 100 valence electrons. The van der Waals surface area contributed by atoms with Gasteiger partial charge in [0, 0.05) is 13.1 Å². The summed E-state index contributed by atoms with van der Waals surface area (Å²) in [5.41, 5.74) is -1.17. The fraction of sp³-hybridized carbons (Fsp3) is 0.462. The lowest BCUT2D eigenvalue weighted by molar-refractivity contribution is 0.0311. The van der Waals surface area contributed by atoms with E-state index in [0.29, 0.717) is 6.54 Å². The highest BCUT2D eigenvalue weighted by atomic mass is 16.3. The minimum Gasteiger partial charge on any atom is -0.507 e. The minimum absolute atomic E-state index is 0.121. The molecule has 0 atom stereocenters. The maximum Gasteiger partial charge on any atom is 0.261 e. The van der Waals surface area contributed by atoms with Crippen LogP contribution in [0, 0.1) is 0 Å². The Bertz CT molecular complexity index is 417. The number of carbonyl (C=O) groups excluding carboxylic acids is 1. The van der Waals surface area contributed by atoms with Crippen molar-refractivity contribution in [1.29, 1.82) is 0 Å². The third kappa shape index (κ3) is 3.37. The first-order valence-electron chi connectivity index (χ1n) is 5.79. The van der Waals surface area contributed by atoms with E-state index in [-0.39, 0.29) is 23.6 Å². The largest absolute Gasteiger partial charge is 0.507 e. The molecule has 0 unspecified atom stereocenters. The van der Waals surface area contributed by atoms with Gasteiger partial charge in [0.25, 0.3) is 5.91 Å². The molecule has 0 aromatic heterocycles. The molecule has 0 aliphatic heterocycles. The van der Waals surface area contributed by atoms with Crippen molar-refractivity contribution in [3.8, 4) is 11.5 Å². The number of likely N-dealkylation sites (N-methyl/N-ethyl adjacent to an activating group) is 1. The zero-order valence-electron chi connectivity index (χ0n) is 10.8. The molecular formula is C13H19NO4. The van der Waals surface area contributed by atoms with Gasteiger partial charge in [-0.05, 0) is 32.9 Å². The molecule has 1 aromatic carbocycles. The number of amides is 1. The predicted octanol–water partition coefficient (Wildman–Crippen LogP) is 1.33. The van der Waals surface area contributed by atoms with Crippen molar-refractivity contribution >= 4 is 5.91 Å². The SMILES string of the molecule is CCN(CC(C)(C)O)C(=O)c1c(O)cccc1O. The fourth-order valence-corrected chi connectivity index (χ4v) is 1.70. The van der Waals surface area contributed by atoms with E-state index in [2.05, 4.69) is 0 Å². The van der Waals surface area contributed by atoms with Crippen LogP contribution in [0.25, 0.3) is 0 Å². The molecule has 3 N–H and O–H groups in total. The summed E-state index contributed by atoms with van der Waals surface area (Å²) in [6.45, 7) is 5.44. The maximum atomic E-state index is 12.2. The molecule has 0 fully saturated rings. The van der Waals surface area contributed by atoms with E-state index in [1.807, 2.05) is 0 Å². The number of phenolic OH excluding ortho intramolecular Hbond substituents is 2. The van der Waals surface area contributed by atoms with Gasteiger partial charge in [0.05, 0.1) is 5.60 Å². The Balaban J connectivity index is 3.04. The lowest BCUT2D eigenvalue weighted by Gasteiger charge is -2.28. The van der Waals surface area contributed by atoms with Crippen LogP contribution < -0.4 is 0 Å². The molecule has 0 saturated carbocycles. The van der Waals surface area contributed by atoms with Crippen LogP contribution in [-0.2, 0) is 0 Å². The lowest BCUT2D eigenvalue weighted by Crippen LogP contribution is -2.42. The first-order valence-corrected chi connectivity index (χ1v) is 5.79. The van der Waals surface area contributed by atoms with Gasteiger partial charge in [-0.15, -0.1) is 0 Å². The number of carbonyl (C=O) groups is 1. The van der Waals surface area contributed by atoms with Gasteiger partial charge in [-0.1, -0.05) is 6.07 Å². The van der Waals surface area contributed by atoms with Crippen LogP contribution in [0.15, 0.2) is 18.2 Å². The van der Waals surface area contributed by atoms with Gasteiger partial charge in [-0.2, -0.15) is 0 Å². The maximum absolute atomic E-state index is 12.2. The van der Waals surface area contributed by atoms with Crippen LogP contribution in [0.5, 0.6) is 11.5 Å². The monoisotopic (exact) mass is 253 g/mol. The Kier molecular flexibility index (Phi) is 4.19. The minimum atomic E-state index is -1.04. The Morgan fingerprint density at radius 1 is 1.28 bits per heavy atom. The van der Waals surface area contributed by atoms with Crippen molar-refractivity contribution in [2.45, 2.75) is 26.4 Å². The Morgan fingerprint density at radius 3 is 2.17 bits per heavy atom. The second kappa shape index (κ2) is 5.27. The van der Waals surface area contributed by atoms with Crippen LogP contribution in [0.4, 0.5) is 0 Å². The van der Waals surface area contributed by atoms with Crippen molar-refractivity contribution in [1.82, 2.24) is 4.90 Å². The number of nitrogens with zero attached hydrogens (tertiary/aromatic N) is 1. The zero-order valence-corrected chi connectivity index (χ0v) is 10.8. The summed E-state index contributed by atoms with van der Waals surface area (Å²) in [5, 5.41) is 29.0. The summed E-state index contributed by atoms with van der Waals surface area (Å²) >= 11 is 0. The molecule has 1 amide bonds. The van der Waals surface area contributed by atoms with Crippen LogP contribution in [-0.4, -0.2) is 44.8 Å². The van der Waals surface area contributed by atoms with E-state index in [1.54, 1.807) is 20.8 Å². The molecular weight excluding hydrogens is 234 g/mol. The fourth-order valence-electron chi connectivity index (χ4n) is 1.70. The van der Waals surface area contributed by atoms with Gasteiger partial charge in [0.2, 0.25) is 0 Å². The Hall–Kier alpha value is -1.75. The molecule has 0 heterocycles. The molecule has 0 aliphatic rings. The van der Waals surface area contributed by atoms with Gasteiger partial charge >= 0.3 is 0 Å². The Labute approximate surface area is 106 Å². The van der Waals surface area contributed by atoms with E-state index in [9.17, 15) is 20.1 Å². The molecule has 0 radical (unpaired) electrons. The highest BCUT2D eigenvalue weighted by Crippen LogP contribution is 2.28. The molecule has 0 bridgehead atoms. The van der Waals surface area contributed by atoms with E-state index in [0.717, 1.165) is 0 Å². The third-order valence-corrected chi connectivity index (χ3v) is 2.48. The molecule has 1 rings (SSSR count). The summed E-state index contributed by atoms with van der Waals surface area (Å²) in [7, 11) is 0. The first kappa shape index (κ1) is 14.3. The average molecular weight is 253 g/mol. The first-order chi connectivity index (χ1) is 8.26. The highest BCUT2D eigenvalue weighted by molar-refractivity contribution is 5.99. The number of aromatic hydroxyl groups is 2. The summed E-state index contributed by atoms with van der Waals surface area (Å²) in [6, 6.07) is 4.13. The van der Waals surface area contributed by atoms with Crippen molar-refractivity contribution in [3.05, 3.63) is 23.8 Å². The van der Waals surface area contributed by atoms with Gasteiger partial charge in [-0.25, -0.2) is 0 Å². The van der Waals surface area contributed by atoms with Crippen molar-refractivity contribution in [3.63, 3.8) is 0 Å². The standard InChI is InChI=1S/C13H19NO4/c1-4-14(8-13(2,3)18)12(17)11-9(15)6-5-7-10(11)16/h5-7,15-16,18H,4,8H2,1-3H3. The number of aliphatic hydroxyl groups is 1. The smallest absolute Gasteiger partial charge is 0.261 e. The van der Waals surface area contributed by atoms with Crippen molar-refractivity contribution in [2.75, 3.05) is 13.1 Å². The number of rotatable bonds is 4. The number of hydrogen-bond acceptors (Lipinski definition) is 4. The van der Waals surface area contributed by atoms with Gasteiger partial charge in [0.1, 0.15) is 17.1 Å². The summed E-state index contributed by atoms with van der Waals surface area (Å²) < 4.78 is 0. The second-order valence-corrected chi connectivity index (χ2v) is 4.80. The molecule has 0 spiro atoms. The molecule has 5 nitrogen and oxygen atoms in total. The molecule has 18 heavy (non-hydrogen) atoms. The predicted molar refractivity (Wildman–Crippen MR) is 67.6 cm³/mol. The summed E-state index contributed by atoms with van der Waals surface area (Å²) in [4.78, 5) is 13.6. The Morgan fingerprint density at radius 2 is 1.78 bits per heavy atom. The highest BCUT2D eigenvalue weighted by Gasteiger charge is 2.25. The molecule has 0 aliphatic carbocycles. The van der Waals surface area contributed by atoms with E-state index < -0.39 is 11.5 Å². The second-order valence-electron chi connectivity index (χ2n) is 4.80. The third-order valence-electron chi connectivity index (χ3n) is 2.48. The van der Waals surface area contributed by atoms with Crippen LogP contribution in [0.2, 0.25) is 0 Å².